The van der Waals surface area contributed by atoms with Crippen LogP contribution in [0.1, 0.15) is 42.9 Å². The van der Waals surface area contributed by atoms with Crippen LogP contribution < -0.4 is 5.32 Å². The number of rotatable bonds is 6. The number of carbonyl (C=O) groups is 2. The van der Waals surface area contributed by atoms with Crippen molar-refractivity contribution < 1.29 is 18.5 Å². The van der Waals surface area contributed by atoms with Gasteiger partial charge in [-0.3, -0.25) is 14.6 Å². The molecule has 2 amide bonds. The molecule has 0 atom stereocenters. The van der Waals surface area contributed by atoms with Crippen LogP contribution in [-0.2, 0) is 16.1 Å². The van der Waals surface area contributed by atoms with Gasteiger partial charge in [0.2, 0.25) is 11.8 Å². The third kappa shape index (κ3) is 4.64. The number of pyridine rings is 1. The number of carbonyl (C=O) groups excluding carboxylic acids is 2. The Labute approximate surface area is 173 Å². The number of aromatic nitrogens is 2. The molecule has 1 N–H and O–H groups in total. The first-order valence-corrected chi connectivity index (χ1v) is 10.1. The van der Waals surface area contributed by atoms with Crippen LogP contribution in [0.25, 0.3) is 11.0 Å². The van der Waals surface area contributed by atoms with Gasteiger partial charge in [-0.25, -0.2) is 4.39 Å². The molecule has 7 nitrogen and oxygen atoms in total. The minimum atomic E-state index is -0.318. The Morgan fingerprint density at radius 1 is 1.20 bits per heavy atom. The standard InChI is InChI=1S/C22H23FN4O3/c23-17-3-4-19-18(12-17)22(26-30-19)16-7-10-27(11-8-16)21(29)6-5-20(28)25-14-15-2-1-9-24-13-15/h1-4,9,12-13,16H,5-8,10-11,14H2,(H,25,28). The fourth-order valence-corrected chi connectivity index (χ4v) is 3.80. The van der Waals surface area contributed by atoms with Gasteiger partial charge in [-0.1, -0.05) is 11.2 Å². The second-order valence-electron chi connectivity index (χ2n) is 7.50. The van der Waals surface area contributed by atoms with Gasteiger partial charge in [0.1, 0.15) is 5.82 Å². The van der Waals surface area contributed by atoms with Crippen LogP contribution in [0.5, 0.6) is 0 Å². The third-order valence-corrected chi connectivity index (χ3v) is 5.47. The van der Waals surface area contributed by atoms with Crippen LogP contribution in [0.3, 0.4) is 0 Å². The summed E-state index contributed by atoms with van der Waals surface area (Å²) in [4.78, 5) is 30.3. The van der Waals surface area contributed by atoms with E-state index < -0.39 is 0 Å². The van der Waals surface area contributed by atoms with E-state index in [1.807, 2.05) is 12.1 Å². The summed E-state index contributed by atoms with van der Waals surface area (Å²) in [5.74, 6) is -0.375. The molecule has 0 saturated carbocycles. The summed E-state index contributed by atoms with van der Waals surface area (Å²) in [5, 5.41) is 7.64. The second kappa shape index (κ2) is 9.02. The molecule has 4 rings (SSSR count). The van der Waals surface area contributed by atoms with Gasteiger partial charge in [0.25, 0.3) is 0 Å². The van der Waals surface area contributed by atoms with Crippen LogP contribution in [0, 0.1) is 5.82 Å². The van der Waals surface area contributed by atoms with Gasteiger partial charge in [-0.05, 0) is 42.7 Å². The molecule has 1 aliphatic rings. The van der Waals surface area contributed by atoms with Gasteiger partial charge in [0.05, 0.1) is 5.69 Å². The van der Waals surface area contributed by atoms with Gasteiger partial charge in [0.15, 0.2) is 5.58 Å². The van der Waals surface area contributed by atoms with E-state index >= 15 is 0 Å². The number of benzene rings is 1. The zero-order chi connectivity index (χ0) is 20.9. The first-order valence-electron chi connectivity index (χ1n) is 10.1. The van der Waals surface area contributed by atoms with Crippen molar-refractivity contribution in [3.8, 4) is 0 Å². The van der Waals surface area contributed by atoms with Crippen LogP contribution >= 0.6 is 0 Å². The van der Waals surface area contributed by atoms with Crippen molar-refractivity contribution in [3.63, 3.8) is 0 Å². The van der Waals surface area contributed by atoms with E-state index in [1.165, 1.54) is 12.1 Å². The van der Waals surface area contributed by atoms with E-state index in [9.17, 15) is 14.0 Å². The summed E-state index contributed by atoms with van der Waals surface area (Å²) in [6.45, 7) is 1.58. The maximum atomic E-state index is 13.6. The molecule has 2 aromatic heterocycles. The number of nitrogens with one attached hydrogen (secondary N) is 1. The van der Waals surface area contributed by atoms with Crippen molar-refractivity contribution in [2.24, 2.45) is 0 Å². The van der Waals surface area contributed by atoms with Crippen molar-refractivity contribution >= 4 is 22.8 Å². The molecule has 0 spiro atoms. The Balaban J connectivity index is 1.24. The first-order chi connectivity index (χ1) is 14.6. The van der Waals surface area contributed by atoms with Crippen LogP contribution in [0.4, 0.5) is 4.39 Å². The molecule has 3 aromatic rings. The monoisotopic (exact) mass is 410 g/mol. The van der Waals surface area contributed by atoms with Crippen molar-refractivity contribution in [1.29, 1.82) is 0 Å². The van der Waals surface area contributed by atoms with Crippen LogP contribution in [0.15, 0.2) is 47.2 Å². The second-order valence-corrected chi connectivity index (χ2v) is 7.50. The van der Waals surface area contributed by atoms with Gasteiger partial charge in [-0.15, -0.1) is 0 Å². The number of hydrogen-bond acceptors (Lipinski definition) is 5. The molecule has 3 heterocycles. The highest BCUT2D eigenvalue weighted by Crippen LogP contribution is 2.33. The normalized spacial score (nSPS) is 14.8. The van der Waals surface area contributed by atoms with E-state index in [4.69, 9.17) is 4.52 Å². The van der Waals surface area contributed by atoms with Crippen LogP contribution in [0.2, 0.25) is 0 Å². The highest BCUT2D eigenvalue weighted by Gasteiger charge is 2.27. The maximum Gasteiger partial charge on any atom is 0.223 e. The highest BCUT2D eigenvalue weighted by molar-refractivity contribution is 5.84. The van der Waals surface area contributed by atoms with E-state index in [1.54, 1.807) is 23.4 Å². The fraction of sp³-hybridized carbons (Fsp3) is 0.364. The molecule has 1 aromatic carbocycles. The largest absolute Gasteiger partial charge is 0.356 e. The predicted molar refractivity (Wildman–Crippen MR) is 108 cm³/mol. The lowest BCUT2D eigenvalue weighted by Gasteiger charge is -2.31. The summed E-state index contributed by atoms with van der Waals surface area (Å²) in [6.07, 6.45) is 5.18. The number of hydrogen-bond donors (Lipinski definition) is 1. The minimum Gasteiger partial charge on any atom is -0.356 e. The summed E-state index contributed by atoms with van der Waals surface area (Å²) in [6, 6.07) is 8.08. The molecule has 1 fully saturated rings. The van der Waals surface area contributed by atoms with Gasteiger partial charge >= 0.3 is 0 Å². The van der Waals surface area contributed by atoms with Gasteiger partial charge in [0, 0.05) is 56.2 Å². The summed E-state index contributed by atoms with van der Waals surface area (Å²) < 4.78 is 18.9. The SMILES string of the molecule is O=C(CCC(=O)N1CCC(c2noc3ccc(F)cc23)CC1)NCc1cccnc1. The number of likely N-dealkylation sites (tertiary alicyclic amines) is 1. The predicted octanol–water partition coefficient (Wildman–Crippen LogP) is 3.16. The number of nitrogens with zero attached hydrogens (tertiary/aromatic N) is 3. The molecule has 0 radical (unpaired) electrons. The average Bonchev–Trinajstić information content (AvgIpc) is 3.20. The Hall–Kier alpha value is -3.29. The van der Waals surface area contributed by atoms with Crippen molar-refractivity contribution in [2.45, 2.75) is 38.1 Å². The van der Waals surface area contributed by atoms with E-state index in [0.29, 0.717) is 30.6 Å². The molecular weight excluding hydrogens is 387 g/mol. The quantitative estimate of drug-likeness (QED) is 0.674. The molecule has 0 bridgehead atoms. The van der Waals surface area contributed by atoms with Crippen molar-refractivity contribution in [3.05, 3.63) is 59.8 Å². The van der Waals surface area contributed by atoms with Crippen LogP contribution in [-0.4, -0.2) is 39.9 Å². The third-order valence-electron chi connectivity index (χ3n) is 5.47. The Bertz CT molecular complexity index is 1030. The molecule has 1 aliphatic heterocycles. The fourth-order valence-electron chi connectivity index (χ4n) is 3.80. The summed E-state index contributed by atoms with van der Waals surface area (Å²) in [5.41, 5.74) is 2.24. The number of fused-ring (bicyclic) bond motifs is 1. The minimum absolute atomic E-state index is 0.0268. The van der Waals surface area contributed by atoms with E-state index in [2.05, 4.69) is 15.5 Å². The maximum absolute atomic E-state index is 13.6. The highest BCUT2D eigenvalue weighted by atomic mass is 19.1. The summed E-state index contributed by atoms with van der Waals surface area (Å²) >= 11 is 0. The molecule has 0 aliphatic carbocycles. The Morgan fingerprint density at radius 2 is 2.03 bits per heavy atom. The molecule has 1 saturated heterocycles. The zero-order valence-corrected chi connectivity index (χ0v) is 16.5. The number of amides is 2. The molecular formula is C22H23FN4O3. The lowest BCUT2D eigenvalue weighted by atomic mass is 9.91. The zero-order valence-electron chi connectivity index (χ0n) is 16.5. The summed E-state index contributed by atoms with van der Waals surface area (Å²) in [7, 11) is 0. The Morgan fingerprint density at radius 3 is 2.80 bits per heavy atom. The topological polar surface area (TPSA) is 88.3 Å². The van der Waals surface area contributed by atoms with Gasteiger partial charge < -0.3 is 14.7 Å². The van der Waals surface area contributed by atoms with Crippen molar-refractivity contribution in [2.75, 3.05) is 13.1 Å². The smallest absolute Gasteiger partial charge is 0.223 e. The van der Waals surface area contributed by atoms with Gasteiger partial charge in [-0.2, -0.15) is 0 Å². The molecule has 0 unspecified atom stereocenters. The van der Waals surface area contributed by atoms with Crippen molar-refractivity contribution in [1.82, 2.24) is 20.4 Å². The van der Waals surface area contributed by atoms with E-state index in [0.717, 1.165) is 24.1 Å². The van der Waals surface area contributed by atoms with E-state index in [-0.39, 0.29) is 36.4 Å². The first kappa shape index (κ1) is 20.0. The lowest BCUT2D eigenvalue weighted by molar-refractivity contribution is -0.134. The molecule has 8 heteroatoms. The average molecular weight is 410 g/mol. The number of piperidine rings is 1. The molecule has 156 valence electrons. The number of halogens is 1. The molecule has 30 heavy (non-hydrogen) atoms. The lowest BCUT2D eigenvalue weighted by Crippen LogP contribution is -2.38. The Kier molecular flexibility index (Phi) is 6.02.